The van der Waals surface area contributed by atoms with Crippen molar-refractivity contribution in [3.05, 3.63) is 77.2 Å². The summed E-state index contributed by atoms with van der Waals surface area (Å²) in [5.41, 5.74) is 0.692. The molecule has 6 nitrogen and oxygen atoms in total. The van der Waals surface area contributed by atoms with Gasteiger partial charge in [-0.2, -0.15) is 0 Å². The lowest BCUT2D eigenvalue weighted by Crippen LogP contribution is -2.39. The number of benzene rings is 2. The van der Waals surface area contributed by atoms with Crippen LogP contribution in [0.1, 0.15) is 41.9 Å². The summed E-state index contributed by atoms with van der Waals surface area (Å²) in [5.74, 6) is -1.38. The molecule has 3 aromatic rings. The monoisotopic (exact) mass is 486 g/mol. The lowest BCUT2D eigenvalue weighted by Gasteiger charge is -2.33. The molecule has 4 rings (SSSR count). The van der Waals surface area contributed by atoms with Crippen molar-refractivity contribution in [2.24, 2.45) is 0 Å². The molecule has 1 N–H and O–H groups in total. The van der Waals surface area contributed by atoms with Crippen molar-refractivity contribution >= 4 is 29.3 Å². The second kappa shape index (κ2) is 10.3. The molecule has 178 valence electrons. The van der Waals surface area contributed by atoms with Crippen LogP contribution in [0.5, 0.6) is 5.75 Å². The largest absolute Gasteiger partial charge is 0.493 e. The number of nitrogens with zero attached hydrogens (tertiary/aromatic N) is 1. The molecule has 1 aliphatic rings. The van der Waals surface area contributed by atoms with Gasteiger partial charge in [-0.05, 0) is 43.7 Å². The molecule has 1 aromatic heterocycles. The topological polar surface area (TPSA) is 71.8 Å². The molecule has 9 heteroatoms. The van der Waals surface area contributed by atoms with Crippen LogP contribution in [0.25, 0.3) is 0 Å². The van der Waals surface area contributed by atoms with Crippen molar-refractivity contribution in [2.45, 2.75) is 43.5 Å². The van der Waals surface area contributed by atoms with Crippen LogP contribution in [-0.2, 0) is 17.9 Å². The molecule has 0 saturated carbocycles. The third kappa shape index (κ3) is 5.09. The molecule has 0 fully saturated rings. The van der Waals surface area contributed by atoms with Crippen LogP contribution in [-0.4, -0.2) is 23.7 Å². The van der Waals surface area contributed by atoms with Crippen LogP contribution >= 0.6 is 11.8 Å². The Morgan fingerprint density at radius 2 is 1.97 bits per heavy atom. The average molecular weight is 487 g/mol. The fourth-order valence-corrected chi connectivity index (χ4v) is 4.69. The predicted octanol–water partition coefficient (Wildman–Crippen LogP) is 5.30. The van der Waals surface area contributed by atoms with Gasteiger partial charge in [-0.3, -0.25) is 9.59 Å². The van der Waals surface area contributed by atoms with E-state index in [0.29, 0.717) is 34.9 Å². The van der Waals surface area contributed by atoms with Crippen molar-refractivity contribution < 1.29 is 27.5 Å². The van der Waals surface area contributed by atoms with Crippen LogP contribution in [0.2, 0.25) is 0 Å². The van der Waals surface area contributed by atoms with Crippen molar-refractivity contribution in [3.63, 3.8) is 0 Å². The quantitative estimate of drug-likeness (QED) is 0.468. The van der Waals surface area contributed by atoms with Gasteiger partial charge in [-0.25, -0.2) is 8.78 Å². The highest BCUT2D eigenvalue weighted by atomic mass is 32.2. The van der Waals surface area contributed by atoms with Crippen LogP contribution in [0.15, 0.2) is 58.0 Å². The minimum absolute atomic E-state index is 0.111. The first-order valence-electron chi connectivity index (χ1n) is 10.9. The number of fused-ring (bicyclic) bond motifs is 1. The van der Waals surface area contributed by atoms with Crippen LogP contribution in [0.4, 0.5) is 14.5 Å². The summed E-state index contributed by atoms with van der Waals surface area (Å²) in [7, 11) is 0. The third-order valence-corrected chi connectivity index (χ3v) is 6.47. The number of anilines is 1. The zero-order valence-electron chi connectivity index (χ0n) is 18.8. The van der Waals surface area contributed by atoms with Gasteiger partial charge in [-0.1, -0.05) is 6.92 Å². The number of carbonyl (C=O) groups is 2. The molecule has 34 heavy (non-hydrogen) atoms. The van der Waals surface area contributed by atoms with E-state index < -0.39 is 16.9 Å². The van der Waals surface area contributed by atoms with Crippen LogP contribution in [0.3, 0.4) is 0 Å². The summed E-state index contributed by atoms with van der Waals surface area (Å²) in [6, 6.07) is 10.7. The lowest BCUT2D eigenvalue weighted by atomic mass is 10.1. The maximum atomic E-state index is 14.7. The number of amides is 2. The third-order valence-electron chi connectivity index (χ3n) is 5.34. The Labute approximate surface area is 200 Å². The van der Waals surface area contributed by atoms with Gasteiger partial charge >= 0.3 is 0 Å². The molecule has 2 aromatic carbocycles. The number of nitrogens with one attached hydrogen (secondary N) is 1. The molecule has 0 saturated heterocycles. The zero-order valence-corrected chi connectivity index (χ0v) is 19.6. The molecular weight excluding hydrogens is 462 g/mol. The number of furan rings is 1. The van der Waals surface area contributed by atoms with E-state index >= 15 is 0 Å². The van der Waals surface area contributed by atoms with Gasteiger partial charge in [-0.15, -0.1) is 11.8 Å². The predicted molar refractivity (Wildman–Crippen MR) is 125 cm³/mol. The normalized spacial score (nSPS) is 15.2. The van der Waals surface area contributed by atoms with Crippen molar-refractivity contribution in [3.8, 4) is 5.75 Å². The maximum Gasteiger partial charge on any atom is 0.251 e. The number of halogens is 2. The lowest BCUT2D eigenvalue weighted by molar-refractivity contribution is -0.118. The fraction of sp³-hybridized carbons (Fsp3) is 0.280. The summed E-state index contributed by atoms with van der Waals surface area (Å²) in [5, 5.41) is 2.30. The number of thioether (sulfide) groups is 1. The second-order valence-corrected chi connectivity index (χ2v) is 9.23. The van der Waals surface area contributed by atoms with Gasteiger partial charge < -0.3 is 19.4 Å². The standard InChI is InChI=1S/C25H24F2N2O4S/c1-3-8-32-18-11-20(26)19(21(27)12-18)14-29-22-7-6-16(10-23(22)34-15(2)25(29)31)24(30)28-13-17-5-4-9-33-17/h4-7,9-12,15H,3,8,13-14H2,1-2H3,(H,28,30). The zero-order chi connectivity index (χ0) is 24.2. The summed E-state index contributed by atoms with van der Waals surface area (Å²) in [4.78, 5) is 27.5. The first kappa shape index (κ1) is 23.8. The molecular formula is C25H24F2N2O4S. The molecule has 0 aliphatic carbocycles. The van der Waals surface area contributed by atoms with E-state index in [9.17, 15) is 18.4 Å². The summed E-state index contributed by atoms with van der Waals surface area (Å²) < 4.78 is 40.0. The van der Waals surface area contributed by atoms with Crippen LogP contribution < -0.4 is 15.0 Å². The Hall–Kier alpha value is -3.33. The highest BCUT2D eigenvalue weighted by Crippen LogP contribution is 2.41. The molecule has 1 aliphatic heterocycles. The SMILES string of the molecule is CCCOc1cc(F)c(CN2C(=O)C(C)Sc3cc(C(=O)NCc4ccco4)ccc32)c(F)c1. The van der Waals surface area contributed by atoms with Gasteiger partial charge in [0.2, 0.25) is 5.91 Å². The first-order valence-corrected chi connectivity index (χ1v) is 11.8. The van der Waals surface area contributed by atoms with E-state index in [-0.39, 0.29) is 36.2 Å². The van der Waals surface area contributed by atoms with E-state index in [2.05, 4.69) is 5.32 Å². The average Bonchev–Trinajstić information content (AvgIpc) is 3.34. The molecule has 1 atom stereocenters. The van der Waals surface area contributed by atoms with Gasteiger partial charge in [0.1, 0.15) is 23.1 Å². The van der Waals surface area contributed by atoms with E-state index in [4.69, 9.17) is 9.15 Å². The molecule has 0 bridgehead atoms. The molecule has 0 radical (unpaired) electrons. The fourth-order valence-electron chi connectivity index (χ4n) is 3.59. The molecule has 0 spiro atoms. The summed E-state index contributed by atoms with van der Waals surface area (Å²) >= 11 is 1.30. The first-order chi connectivity index (χ1) is 16.4. The Kier molecular flexibility index (Phi) is 7.21. The summed E-state index contributed by atoms with van der Waals surface area (Å²) in [6.07, 6.45) is 2.24. The number of ether oxygens (including phenoxy) is 1. The Morgan fingerprint density at radius 3 is 2.65 bits per heavy atom. The van der Waals surface area contributed by atoms with Gasteiger partial charge in [0.15, 0.2) is 0 Å². The minimum Gasteiger partial charge on any atom is -0.493 e. The minimum atomic E-state index is -0.778. The highest BCUT2D eigenvalue weighted by molar-refractivity contribution is 8.01. The van der Waals surface area contributed by atoms with Gasteiger partial charge in [0.25, 0.3) is 5.91 Å². The van der Waals surface area contributed by atoms with E-state index in [0.717, 1.165) is 12.1 Å². The van der Waals surface area contributed by atoms with Crippen molar-refractivity contribution in [2.75, 3.05) is 11.5 Å². The number of rotatable bonds is 8. The van der Waals surface area contributed by atoms with Crippen molar-refractivity contribution in [1.82, 2.24) is 5.32 Å². The van der Waals surface area contributed by atoms with Crippen molar-refractivity contribution in [1.29, 1.82) is 0 Å². The van der Waals surface area contributed by atoms with E-state index in [1.807, 2.05) is 6.92 Å². The Balaban J connectivity index is 1.57. The number of hydrogen-bond acceptors (Lipinski definition) is 5. The highest BCUT2D eigenvalue weighted by Gasteiger charge is 2.32. The Bertz CT molecular complexity index is 1180. The second-order valence-electron chi connectivity index (χ2n) is 7.84. The van der Waals surface area contributed by atoms with E-state index in [1.165, 1.54) is 22.9 Å². The van der Waals surface area contributed by atoms with E-state index in [1.54, 1.807) is 37.3 Å². The number of carbonyl (C=O) groups excluding carboxylic acids is 2. The van der Waals surface area contributed by atoms with Gasteiger partial charge in [0, 0.05) is 28.2 Å². The van der Waals surface area contributed by atoms with Gasteiger partial charge in [0.05, 0.1) is 36.9 Å². The Morgan fingerprint density at radius 1 is 1.21 bits per heavy atom. The molecule has 2 heterocycles. The summed E-state index contributed by atoms with van der Waals surface area (Å²) in [6.45, 7) is 3.94. The smallest absolute Gasteiger partial charge is 0.251 e. The molecule has 1 unspecified atom stereocenters. The van der Waals surface area contributed by atoms with Crippen LogP contribution in [0, 0.1) is 11.6 Å². The molecule has 2 amide bonds. The number of hydrogen-bond donors (Lipinski definition) is 1. The maximum absolute atomic E-state index is 14.7.